The first-order chi connectivity index (χ1) is 8.65. The molecule has 2 unspecified atom stereocenters. The number of carboxylic acids is 1. The minimum absolute atomic E-state index is 0.00470. The van der Waals surface area contributed by atoms with Gasteiger partial charge in [-0.05, 0) is 19.4 Å². The van der Waals surface area contributed by atoms with Gasteiger partial charge < -0.3 is 20.5 Å². The summed E-state index contributed by atoms with van der Waals surface area (Å²) in [6.07, 6.45) is 2.40. The zero-order valence-electron chi connectivity index (χ0n) is 10.2. The molecule has 0 aromatic rings. The summed E-state index contributed by atoms with van der Waals surface area (Å²) in [5, 5.41) is 13.3. The molecule has 2 atom stereocenters. The highest BCUT2D eigenvalue weighted by atomic mass is 16.5. The lowest BCUT2D eigenvalue weighted by molar-refractivity contribution is -0.135. The molecule has 0 bridgehead atoms. The fourth-order valence-corrected chi connectivity index (χ4v) is 2.43. The van der Waals surface area contributed by atoms with Crippen molar-refractivity contribution in [2.45, 2.75) is 25.0 Å². The fourth-order valence-electron chi connectivity index (χ4n) is 2.43. The van der Waals surface area contributed by atoms with Crippen molar-refractivity contribution >= 4 is 12.0 Å². The van der Waals surface area contributed by atoms with E-state index in [1.54, 1.807) is 0 Å². The summed E-state index contributed by atoms with van der Waals surface area (Å²) in [7, 11) is 0. The van der Waals surface area contributed by atoms with E-state index in [1.165, 1.54) is 12.8 Å². The van der Waals surface area contributed by atoms with Gasteiger partial charge in [-0.15, -0.1) is 0 Å². The Kier molecular flexibility index (Phi) is 4.38. The Morgan fingerprint density at radius 1 is 1.39 bits per heavy atom. The zero-order valence-corrected chi connectivity index (χ0v) is 10.2. The van der Waals surface area contributed by atoms with Gasteiger partial charge in [-0.3, -0.25) is 9.69 Å². The number of ether oxygens (including phenoxy) is 1. The van der Waals surface area contributed by atoms with Crippen LogP contribution in [-0.4, -0.2) is 66.9 Å². The number of rotatable bonds is 4. The van der Waals surface area contributed by atoms with E-state index in [4.69, 9.17) is 9.84 Å². The molecule has 7 nitrogen and oxygen atoms in total. The molecule has 18 heavy (non-hydrogen) atoms. The van der Waals surface area contributed by atoms with Gasteiger partial charge in [0, 0.05) is 19.1 Å². The monoisotopic (exact) mass is 257 g/mol. The second-order valence-electron chi connectivity index (χ2n) is 4.70. The minimum atomic E-state index is -1.06. The number of nitrogens with zero attached hydrogens (tertiary/aromatic N) is 1. The molecule has 2 amide bonds. The third kappa shape index (κ3) is 3.58. The van der Waals surface area contributed by atoms with E-state index in [0.29, 0.717) is 12.6 Å². The molecule has 2 rings (SSSR count). The molecular formula is C11H19N3O4. The molecule has 0 saturated carbocycles. The topological polar surface area (TPSA) is 90.9 Å². The molecule has 0 aromatic heterocycles. The molecule has 2 fully saturated rings. The molecule has 0 aliphatic carbocycles. The van der Waals surface area contributed by atoms with Gasteiger partial charge in [0.15, 0.2) is 0 Å². The van der Waals surface area contributed by atoms with E-state index in [9.17, 15) is 9.59 Å². The predicted octanol–water partition coefficient (Wildman–Crippen LogP) is -0.767. The average Bonchev–Trinajstić information content (AvgIpc) is 2.81. The summed E-state index contributed by atoms with van der Waals surface area (Å²) >= 11 is 0. The van der Waals surface area contributed by atoms with Crippen molar-refractivity contribution in [2.75, 3.05) is 32.8 Å². The molecular weight excluding hydrogens is 238 g/mol. The van der Waals surface area contributed by atoms with Crippen LogP contribution < -0.4 is 10.6 Å². The standard InChI is InChI=1S/C11H19N3O4/c15-10(16)5-13-11(17)12-4-9-6-14-3-1-2-8(14)7-18-9/h8-9H,1-7H2,(H,15,16)(H2,12,13,17). The minimum Gasteiger partial charge on any atom is -0.480 e. The Balaban J connectivity index is 1.64. The number of urea groups is 1. The summed E-state index contributed by atoms with van der Waals surface area (Å²) in [5.74, 6) is -1.06. The van der Waals surface area contributed by atoms with Crippen LogP contribution in [0.15, 0.2) is 0 Å². The van der Waals surface area contributed by atoms with E-state index in [2.05, 4.69) is 15.5 Å². The van der Waals surface area contributed by atoms with Crippen molar-refractivity contribution in [3.63, 3.8) is 0 Å². The number of nitrogens with one attached hydrogen (secondary N) is 2. The highest BCUT2D eigenvalue weighted by molar-refractivity contribution is 5.79. The summed E-state index contributed by atoms with van der Waals surface area (Å²) in [6.45, 7) is 2.71. The number of fused-ring (bicyclic) bond motifs is 1. The average molecular weight is 257 g/mol. The molecule has 7 heteroatoms. The number of hydrogen-bond donors (Lipinski definition) is 3. The number of morpholine rings is 1. The van der Waals surface area contributed by atoms with Gasteiger partial charge in [0.25, 0.3) is 0 Å². The van der Waals surface area contributed by atoms with Gasteiger partial charge in [-0.1, -0.05) is 0 Å². The van der Waals surface area contributed by atoms with E-state index < -0.39 is 12.0 Å². The van der Waals surface area contributed by atoms with Crippen molar-refractivity contribution in [3.05, 3.63) is 0 Å². The van der Waals surface area contributed by atoms with Crippen LogP contribution in [0, 0.1) is 0 Å². The number of hydrogen-bond acceptors (Lipinski definition) is 4. The van der Waals surface area contributed by atoms with Crippen molar-refractivity contribution < 1.29 is 19.4 Å². The van der Waals surface area contributed by atoms with E-state index in [1.807, 2.05) is 0 Å². The lowest BCUT2D eigenvalue weighted by Gasteiger charge is -2.35. The van der Waals surface area contributed by atoms with Crippen LogP contribution in [0.4, 0.5) is 4.79 Å². The Hall–Kier alpha value is -1.34. The molecule has 102 valence electrons. The van der Waals surface area contributed by atoms with Gasteiger partial charge in [0.2, 0.25) is 0 Å². The second kappa shape index (κ2) is 6.01. The maximum Gasteiger partial charge on any atom is 0.323 e. The first-order valence-electron chi connectivity index (χ1n) is 6.24. The molecule has 2 aliphatic rings. The Morgan fingerprint density at radius 3 is 3.00 bits per heavy atom. The first kappa shape index (κ1) is 13.1. The molecule has 3 N–H and O–H groups in total. The van der Waals surface area contributed by atoms with Crippen LogP contribution >= 0.6 is 0 Å². The summed E-state index contributed by atoms with van der Waals surface area (Å²) in [4.78, 5) is 23.9. The second-order valence-corrected chi connectivity index (χ2v) is 4.70. The highest BCUT2D eigenvalue weighted by Crippen LogP contribution is 2.22. The van der Waals surface area contributed by atoms with Gasteiger partial charge in [-0.25, -0.2) is 4.79 Å². The van der Waals surface area contributed by atoms with Gasteiger partial charge >= 0.3 is 12.0 Å². The summed E-state index contributed by atoms with van der Waals surface area (Å²) in [5.41, 5.74) is 0. The van der Waals surface area contributed by atoms with Crippen molar-refractivity contribution in [2.24, 2.45) is 0 Å². The lowest BCUT2D eigenvalue weighted by atomic mass is 10.2. The largest absolute Gasteiger partial charge is 0.480 e. The molecule has 2 saturated heterocycles. The maximum atomic E-state index is 11.3. The molecule has 2 heterocycles. The molecule has 0 radical (unpaired) electrons. The highest BCUT2D eigenvalue weighted by Gasteiger charge is 2.32. The van der Waals surface area contributed by atoms with Gasteiger partial charge in [0.1, 0.15) is 6.54 Å². The smallest absolute Gasteiger partial charge is 0.323 e. The number of aliphatic carboxylic acids is 1. The molecule has 2 aliphatic heterocycles. The Bertz CT molecular complexity index is 323. The third-order valence-electron chi connectivity index (χ3n) is 3.35. The van der Waals surface area contributed by atoms with Gasteiger partial charge in [0.05, 0.1) is 12.7 Å². The predicted molar refractivity (Wildman–Crippen MR) is 63.4 cm³/mol. The van der Waals surface area contributed by atoms with Crippen molar-refractivity contribution in [3.8, 4) is 0 Å². The number of amides is 2. The first-order valence-corrected chi connectivity index (χ1v) is 6.24. The van der Waals surface area contributed by atoms with Crippen LogP contribution in [0.25, 0.3) is 0 Å². The van der Waals surface area contributed by atoms with E-state index in [0.717, 1.165) is 19.7 Å². The van der Waals surface area contributed by atoms with Crippen molar-refractivity contribution in [1.82, 2.24) is 15.5 Å². The number of carbonyl (C=O) groups is 2. The molecule has 0 spiro atoms. The van der Waals surface area contributed by atoms with Crippen LogP contribution in [-0.2, 0) is 9.53 Å². The Morgan fingerprint density at radius 2 is 2.22 bits per heavy atom. The van der Waals surface area contributed by atoms with E-state index >= 15 is 0 Å². The SMILES string of the molecule is O=C(O)CNC(=O)NCC1CN2CCCC2CO1. The van der Waals surface area contributed by atoms with Crippen LogP contribution in [0.2, 0.25) is 0 Å². The lowest BCUT2D eigenvalue weighted by Crippen LogP contribution is -2.51. The van der Waals surface area contributed by atoms with Crippen LogP contribution in [0.5, 0.6) is 0 Å². The Labute approximate surface area is 105 Å². The van der Waals surface area contributed by atoms with Crippen LogP contribution in [0.1, 0.15) is 12.8 Å². The van der Waals surface area contributed by atoms with Gasteiger partial charge in [-0.2, -0.15) is 0 Å². The van der Waals surface area contributed by atoms with E-state index in [-0.39, 0.29) is 12.6 Å². The number of carbonyl (C=O) groups excluding carboxylic acids is 1. The third-order valence-corrected chi connectivity index (χ3v) is 3.35. The normalized spacial score (nSPS) is 27.6. The number of carboxylic acid groups (broad SMARTS) is 1. The fraction of sp³-hybridized carbons (Fsp3) is 0.818. The maximum absolute atomic E-state index is 11.3. The summed E-state index contributed by atoms with van der Waals surface area (Å²) < 4.78 is 5.67. The zero-order chi connectivity index (χ0) is 13.0. The van der Waals surface area contributed by atoms with Crippen LogP contribution in [0.3, 0.4) is 0 Å². The molecule has 0 aromatic carbocycles. The van der Waals surface area contributed by atoms with Crippen molar-refractivity contribution in [1.29, 1.82) is 0 Å². The quantitative estimate of drug-likeness (QED) is 0.615. The summed E-state index contributed by atoms with van der Waals surface area (Å²) in [6, 6.07) is 0.0756.